The standard InChI is InChI=1S/C20H24N4O3S/c1-26-8-9-27-14-4-2-13(3-5-14)23-20(25)15-10-17(18-11-21-12-28-18)24-16-6-7-22-19(15)16/h6-7,10-14,22H,2-5,8-9H2,1H3,(H,23,25). The maximum absolute atomic E-state index is 13.0. The first-order valence-electron chi connectivity index (χ1n) is 9.53. The van der Waals surface area contributed by atoms with Gasteiger partial charge in [0.05, 0.1) is 52.0 Å². The van der Waals surface area contributed by atoms with Crippen LogP contribution in [-0.2, 0) is 9.47 Å². The Bertz CT molecular complexity index is 917. The van der Waals surface area contributed by atoms with E-state index in [2.05, 4.69) is 20.3 Å². The lowest BCUT2D eigenvalue weighted by Gasteiger charge is -2.29. The summed E-state index contributed by atoms with van der Waals surface area (Å²) in [5.74, 6) is -0.0654. The highest BCUT2D eigenvalue weighted by Crippen LogP contribution is 2.27. The third-order valence-corrected chi connectivity index (χ3v) is 5.89. The number of ether oxygens (including phenoxy) is 2. The Morgan fingerprint density at radius 3 is 2.93 bits per heavy atom. The molecule has 3 aromatic rings. The number of carbonyl (C=O) groups is 1. The van der Waals surface area contributed by atoms with Gasteiger partial charge in [0.25, 0.3) is 5.91 Å². The van der Waals surface area contributed by atoms with Crippen LogP contribution in [0.2, 0.25) is 0 Å². The quantitative estimate of drug-likeness (QED) is 0.594. The van der Waals surface area contributed by atoms with E-state index in [0.29, 0.717) is 18.8 Å². The van der Waals surface area contributed by atoms with Crippen molar-refractivity contribution in [1.82, 2.24) is 20.3 Å². The average Bonchev–Trinajstić information content (AvgIpc) is 3.40. The zero-order valence-corrected chi connectivity index (χ0v) is 16.6. The second kappa shape index (κ2) is 8.81. The van der Waals surface area contributed by atoms with Crippen LogP contribution in [0.15, 0.2) is 30.0 Å². The molecule has 8 heteroatoms. The molecule has 0 spiro atoms. The van der Waals surface area contributed by atoms with Gasteiger partial charge in [0, 0.05) is 25.5 Å². The molecule has 1 amide bonds. The van der Waals surface area contributed by atoms with Crippen molar-refractivity contribution in [2.24, 2.45) is 0 Å². The van der Waals surface area contributed by atoms with E-state index in [-0.39, 0.29) is 18.1 Å². The van der Waals surface area contributed by atoms with E-state index in [1.165, 1.54) is 11.3 Å². The number of rotatable bonds is 7. The Morgan fingerprint density at radius 1 is 1.32 bits per heavy atom. The number of nitrogens with one attached hydrogen (secondary N) is 2. The number of carbonyl (C=O) groups excluding carboxylic acids is 1. The molecule has 7 nitrogen and oxygen atoms in total. The molecule has 3 aromatic heterocycles. The summed E-state index contributed by atoms with van der Waals surface area (Å²) in [5, 5.41) is 3.20. The van der Waals surface area contributed by atoms with Crippen LogP contribution in [0.3, 0.4) is 0 Å². The molecule has 1 fully saturated rings. The summed E-state index contributed by atoms with van der Waals surface area (Å²) in [4.78, 5) is 25.9. The number of aromatic nitrogens is 3. The van der Waals surface area contributed by atoms with Gasteiger partial charge in [-0.1, -0.05) is 0 Å². The van der Waals surface area contributed by atoms with Gasteiger partial charge in [-0.3, -0.25) is 9.78 Å². The molecule has 2 N–H and O–H groups in total. The Morgan fingerprint density at radius 2 is 2.18 bits per heavy atom. The van der Waals surface area contributed by atoms with Crippen LogP contribution in [0.5, 0.6) is 0 Å². The molecular formula is C20H24N4O3S. The Kier molecular flexibility index (Phi) is 5.99. The molecule has 148 valence electrons. The lowest BCUT2D eigenvalue weighted by atomic mass is 9.92. The monoisotopic (exact) mass is 400 g/mol. The number of thiazole rings is 1. The topological polar surface area (TPSA) is 89.1 Å². The van der Waals surface area contributed by atoms with Crippen molar-refractivity contribution in [3.63, 3.8) is 0 Å². The number of hydrogen-bond acceptors (Lipinski definition) is 6. The Balaban J connectivity index is 1.44. The highest BCUT2D eigenvalue weighted by molar-refractivity contribution is 7.13. The normalized spacial score (nSPS) is 19.8. The van der Waals surface area contributed by atoms with Crippen LogP contribution < -0.4 is 5.32 Å². The summed E-state index contributed by atoms with van der Waals surface area (Å²) >= 11 is 1.51. The van der Waals surface area contributed by atoms with Gasteiger partial charge in [-0.2, -0.15) is 0 Å². The van der Waals surface area contributed by atoms with E-state index >= 15 is 0 Å². The second-order valence-electron chi connectivity index (χ2n) is 6.97. The Labute approximate surface area is 167 Å². The summed E-state index contributed by atoms with van der Waals surface area (Å²) in [5.41, 5.74) is 4.71. The van der Waals surface area contributed by atoms with Crippen LogP contribution in [-0.4, -0.2) is 53.3 Å². The number of methoxy groups -OCH3 is 1. The number of pyridine rings is 1. The van der Waals surface area contributed by atoms with E-state index in [4.69, 9.17) is 9.47 Å². The van der Waals surface area contributed by atoms with Crippen molar-refractivity contribution in [1.29, 1.82) is 0 Å². The lowest BCUT2D eigenvalue weighted by Crippen LogP contribution is -2.39. The first-order valence-corrected chi connectivity index (χ1v) is 10.4. The molecule has 0 atom stereocenters. The van der Waals surface area contributed by atoms with Crippen LogP contribution in [0.4, 0.5) is 0 Å². The number of nitrogens with zero attached hydrogens (tertiary/aromatic N) is 2. The third kappa shape index (κ3) is 4.24. The molecular weight excluding hydrogens is 376 g/mol. The fourth-order valence-corrected chi connectivity index (χ4v) is 4.21. The number of H-pyrrole nitrogens is 1. The molecule has 0 radical (unpaired) electrons. The van der Waals surface area contributed by atoms with Gasteiger partial charge in [0.15, 0.2) is 0 Å². The first kappa shape index (κ1) is 19.0. The van der Waals surface area contributed by atoms with Crippen molar-refractivity contribution in [3.05, 3.63) is 35.6 Å². The first-order chi connectivity index (χ1) is 13.7. The van der Waals surface area contributed by atoms with Crippen molar-refractivity contribution in [2.45, 2.75) is 37.8 Å². The zero-order chi connectivity index (χ0) is 19.3. The molecule has 0 unspecified atom stereocenters. The summed E-state index contributed by atoms with van der Waals surface area (Å²) in [6.45, 7) is 1.24. The minimum absolute atomic E-state index is 0.0654. The van der Waals surface area contributed by atoms with Gasteiger partial charge in [-0.25, -0.2) is 4.98 Å². The van der Waals surface area contributed by atoms with Crippen LogP contribution in [0.1, 0.15) is 36.0 Å². The highest BCUT2D eigenvalue weighted by Gasteiger charge is 2.24. The third-order valence-electron chi connectivity index (χ3n) is 5.10. The molecule has 4 rings (SSSR count). The molecule has 0 aromatic carbocycles. The summed E-state index contributed by atoms with van der Waals surface area (Å²) in [7, 11) is 1.68. The van der Waals surface area contributed by atoms with Gasteiger partial charge in [0.2, 0.25) is 0 Å². The van der Waals surface area contributed by atoms with Crippen molar-refractivity contribution in [3.8, 4) is 10.6 Å². The largest absolute Gasteiger partial charge is 0.382 e. The van der Waals surface area contributed by atoms with E-state index < -0.39 is 0 Å². The van der Waals surface area contributed by atoms with Gasteiger partial charge in [-0.05, 0) is 37.8 Å². The Hall–Kier alpha value is -2.29. The highest BCUT2D eigenvalue weighted by atomic mass is 32.1. The predicted octanol–water partition coefficient (Wildman–Crippen LogP) is 3.39. The average molecular weight is 401 g/mol. The van der Waals surface area contributed by atoms with Crippen LogP contribution >= 0.6 is 11.3 Å². The van der Waals surface area contributed by atoms with Crippen molar-refractivity contribution < 1.29 is 14.3 Å². The number of hydrogen-bond donors (Lipinski definition) is 2. The van der Waals surface area contributed by atoms with Crippen LogP contribution in [0.25, 0.3) is 21.6 Å². The summed E-state index contributed by atoms with van der Waals surface area (Å²) in [6, 6.07) is 3.90. The molecule has 0 bridgehead atoms. The fourth-order valence-electron chi connectivity index (χ4n) is 3.62. The number of fused-ring (bicyclic) bond motifs is 1. The van der Waals surface area contributed by atoms with Crippen molar-refractivity contribution in [2.75, 3.05) is 20.3 Å². The fraction of sp³-hybridized carbons (Fsp3) is 0.450. The zero-order valence-electron chi connectivity index (χ0n) is 15.8. The van der Waals surface area contributed by atoms with Crippen LogP contribution in [0, 0.1) is 0 Å². The molecule has 1 aliphatic rings. The number of amides is 1. The molecule has 3 heterocycles. The predicted molar refractivity (Wildman–Crippen MR) is 109 cm³/mol. The summed E-state index contributed by atoms with van der Waals surface area (Å²) in [6.07, 6.45) is 7.60. The van der Waals surface area contributed by atoms with Gasteiger partial charge in [-0.15, -0.1) is 11.3 Å². The summed E-state index contributed by atoms with van der Waals surface area (Å²) < 4.78 is 10.8. The molecule has 28 heavy (non-hydrogen) atoms. The van der Waals surface area contributed by atoms with Gasteiger partial charge in [0.1, 0.15) is 0 Å². The van der Waals surface area contributed by atoms with Crippen molar-refractivity contribution >= 4 is 28.3 Å². The van der Waals surface area contributed by atoms with Gasteiger partial charge < -0.3 is 19.8 Å². The molecule has 1 saturated carbocycles. The maximum Gasteiger partial charge on any atom is 0.253 e. The lowest BCUT2D eigenvalue weighted by molar-refractivity contribution is -0.00408. The second-order valence-corrected chi connectivity index (χ2v) is 7.86. The molecule has 0 aliphatic heterocycles. The SMILES string of the molecule is COCCOC1CCC(NC(=O)c2cc(-c3cncs3)nc3cc[nH]c23)CC1. The minimum atomic E-state index is -0.0654. The molecule has 1 aliphatic carbocycles. The van der Waals surface area contributed by atoms with E-state index in [1.807, 2.05) is 18.3 Å². The maximum atomic E-state index is 13.0. The smallest absolute Gasteiger partial charge is 0.253 e. The molecule has 0 saturated heterocycles. The minimum Gasteiger partial charge on any atom is -0.382 e. The van der Waals surface area contributed by atoms with E-state index in [0.717, 1.165) is 47.3 Å². The number of aromatic amines is 1. The van der Waals surface area contributed by atoms with E-state index in [1.54, 1.807) is 18.8 Å². The van der Waals surface area contributed by atoms with Gasteiger partial charge >= 0.3 is 0 Å². The van der Waals surface area contributed by atoms with E-state index in [9.17, 15) is 4.79 Å².